The van der Waals surface area contributed by atoms with Crippen LogP contribution in [0.2, 0.25) is 25.7 Å². The van der Waals surface area contributed by atoms with Crippen molar-refractivity contribution in [3.63, 3.8) is 0 Å². The van der Waals surface area contributed by atoms with Gasteiger partial charge in [0.2, 0.25) is 0 Å². The van der Waals surface area contributed by atoms with E-state index in [1.807, 2.05) is 4.57 Å². The molecule has 3 rings (SSSR count). The first-order chi connectivity index (χ1) is 14.2. The topological polar surface area (TPSA) is 62.6 Å². The molecule has 160 valence electrons. The molecule has 0 aliphatic heterocycles. The number of rotatable bonds is 8. The number of esters is 1. The summed E-state index contributed by atoms with van der Waals surface area (Å²) in [5, 5.41) is 0. The number of methoxy groups -OCH3 is 2. The maximum atomic E-state index is 14.7. The van der Waals surface area contributed by atoms with Gasteiger partial charge in [-0.2, -0.15) is 0 Å². The molecule has 30 heavy (non-hydrogen) atoms. The number of imidazole rings is 1. The van der Waals surface area contributed by atoms with Crippen molar-refractivity contribution in [2.75, 3.05) is 20.8 Å². The first-order valence-corrected chi connectivity index (χ1v) is 13.4. The van der Waals surface area contributed by atoms with E-state index in [9.17, 15) is 9.18 Å². The second-order valence-corrected chi connectivity index (χ2v) is 13.9. The average molecular weight is 431 g/mol. The van der Waals surface area contributed by atoms with E-state index in [2.05, 4.69) is 24.6 Å². The highest BCUT2D eigenvalue weighted by Crippen LogP contribution is 2.37. The number of nitrogens with zero attached hydrogens (tertiary/aromatic N) is 2. The number of hydrogen-bond donors (Lipinski definition) is 0. The summed E-state index contributed by atoms with van der Waals surface area (Å²) in [5.41, 5.74) is 2.13. The van der Waals surface area contributed by atoms with Crippen LogP contribution in [0.15, 0.2) is 36.7 Å². The van der Waals surface area contributed by atoms with Crippen LogP contribution < -0.4 is 4.74 Å². The molecule has 8 heteroatoms. The molecule has 0 radical (unpaired) electrons. The van der Waals surface area contributed by atoms with Crippen LogP contribution in [-0.4, -0.2) is 44.4 Å². The summed E-state index contributed by atoms with van der Waals surface area (Å²) in [6.45, 7) is 7.88. The van der Waals surface area contributed by atoms with Crippen LogP contribution in [0, 0.1) is 5.82 Å². The van der Waals surface area contributed by atoms with Crippen LogP contribution in [0.3, 0.4) is 0 Å². The van der Waals surface area contributed by atoms with Crippen LogP contribution in [0.5, 0.6) is 5.75 Å². The minimum Gasteiger partial charge on any atom is -0.496 e. The average Bonchev–Trinajstić information content (AvgIpc) is 3.10. The van der Waals surface area contributed by atoms with Gasteiger partial charge in [0.15, 0.2) is 0 Å². The highest BCUT2D eigenvalue weighted by molar-refractivity contribution is 6.76. The molecule has 0 saturated carbocycles. The molecule has 0 amide bonds. The van der Waals surface area contributed by atoms with Gasteiger partial charge >= 0.3 is 5.97 Å². The third-order valence-electron chi connectivity index (χ3n) is 4.86. The number of halogens is 1. The maximum Gasteiger partial charge on any atom is 0.338 e. The largest absolute Gasteiger partial charge is 0.496 e. The molecule has 0 N–H and O–H groups in total. The van der Waals surface area contributed by atoms with E-state index >= 15 is 0 Å². The van der Waals surface area contributed by atoms with E-state index in [1.165, 1.54) is 20.3 Å². The molecule has 1 aromatic heterocycles. The highest BCUT2D eigenvalue weighted by Gasteiger charge is 2.22. The van der Waals surface area contributed by atoms with Crippen molar-refractivity contribution < 1.29 is 23.4 Å². The Morgan fingerprint density at radius 1 is 1.20 bits per heavy atom. The van der Waals surface area contributed by atoms with Crippen molar-refractivity contribution in [1.29, 1.82) is 0 Å². The third-order valence-corrected chi connectivity index (χ3v) is 6.56. The quantitative estimate of drug-likeness (QED) is 0.287. The summed E-state index contributed by atoms with van der Waals surface area (Å²) in [4.78, 5) is 16.9. The Hall–Kier alpha value is -2.71. The molecular weight excluding hydrogens is 403 g/mol. The molecule has 0 saturated heterocycles. The smallest absolute Gasteiger partial charge is 0.338 e. The molecular formula is C22H27FN2O4Si. The predicted octanol–water partition coefficient (Wildman–Crippen LogP) is 4.95. The van der Waals surface area contributed by atoms with E-state index in [-0.39, 0.29) is 11.1 Å². The Morgan fingerprint density at radius 3 is 2.63 bits per heavy atom. The lowest BCUT2D eigenvalue weighted by atomic mass is 9.97. The van der Waals surface area contributed by atoms with Crippen LogP contribution in [0.4, 0.5) is 4.39 Å². The zero-order chi connectivity index (χ0) is 21.9. The number of aromatic nitrogens is 2. The third kappa shape index (κ3) is 4.71. The van der Waals surface area contributed by atoms with Gasteiger partial charge in [0.05, 0.1) is 42.7 Å². The fourth-order valence-electron chi connectivity index (χ4n) is 3.17. The van der Waals surface area contributed by atoms with Gasteiger partial charge in [0, 0.05) is 20.2 Å². The normalized spacial score (nSPS) is 11.7. The molecule has 0 atom stereocenters. The molecule has 2 aromatic carbocycles. The van der Waals surface area contributed by atoms with Gasteiger partial charge in [-0.05, 0) is 30.3 Å². The molecule has 0 unspecified atom stereocenters. The number of ether oxygens (including phenoxy) is 3. The lowest BCUT2D eigenvalue weighted by Gasteiger charge is -2.16. The van der Waals surface area contributed by atoms with Crippen LogP contribution >= 0.6 is 0 Å². The van der Waals surface area contributed by atoms with E-state index in [1.54, 1.807) is 30.6 Å². The number of carbonyl (C=O) groups is 1. The second kappa shape index (κ2) is 8.97. The van der Waals surface area contributed by atoms with E-state index in [4.69, 9.17) is 14.2 Å². The molecule has 0 fully saturated rings. The van der Waals surface area contributed by atoms with Crippen LogP contribution in [-0.2, 0) is 16.2 Å². The Kier molecular flexibility index (Phi) is 6.57. The summed E-state index contributed by atoms with van der Waals surface area (Å²) in [6.07, 6.45) is 1.66. The summed E-state index contributed by atoms with van der Waals surface area (Å²) in [7, 11) is 1.58. The van der Waals surface area contributed by atoms with Gasteiger partial charge in [0.1, 0.15) is 18.3 Å². The van der Waals surface area contributed by atoms with Crippen molar-refractivity contribution in [1.82, 2.24) is 9.55 Å². The standard InChI is InChI=1S/C22H27FN2O4Si/c1-27-20-8-6-7-17(23)21(20)15-11-18-19(12-16(15)22(26)28-2)25(13-24-18)14-29-9-10-30(3,4)5/h6-8,11-13H,9-10,14H2,1-5H3. The predicted molar refractivity (Wildman–Crippen MR) is 117 cm³/mol. The van der Waals surface area contributed by atoms with Crippen molar-refractivity contribution >= 4 is 25.1 Å². The molecule has 0 aliphatic carbocycles. The monoisotopic (exact) mass is 430 g/mol. The van der Waals surface area contributed by atoms with Gasteiger partial charge in [0.25, 0.3) is 0 Å². The zero-order valence-corrected chi connectivity index (χ0v) is 19.0. The number of carbonyl (C=O) groups excluding carboxylic acids is 1. The van der Waals surface area contributed by atoms with Gasteiger partial charge in [-0.15, -0.1) is 0 Å². The van der Waals surface area contributed by atoms with Crippen molar-refractivity contribution in [3.8, 4) is 16.9 Å². The molecule has 0 spiro atoms. The Morgan fingerprint density at radius 2 is 1.97 bits per heavy atom. The Bertz CT molecular complexity index is 1060. The number of benzene rings is 2. The summed E-state index contributed by atoms with van der Waals surface area (Å²) < 4.78 is 32.6. The molecule has 0 aliphatic rings. The van der Waals surface area contributed by atoms with Gasteiger partial charge in [-0.25, -0.2) is 14.2 Å². The van der Waals surface area contributed by atoms with E-state index in [0.29, 0.717) is 35.7 Å². The Labute approximate surface area is 176 Å². The van der Waals surface area contributed by atoms with Crippen LogP contribution in [0.1, 0.15) is 10.4 Å². The van der Waals surface area contributed by atoms with Crippen molar-refractivity contribution in [2.24, 2.45) is 0 Å². The first-order valence-electron chi connectivity index (χ1n) is 9.73. The minimum absolute atomic E-state index is 0.197. The zero-order valence-electron chi connectivity index (χ0n) is 18.0. The lowest BCUT2D eigenvalue weighted by molar-refractivity contribution is 0.0601. The fourth-order valence-corrected chi connectivity index (χ4v) is 3.93. The molecule has 6 nitrogen and oxygen atoms in total. The minimum atomic E-state index is -1.18. The maximum absolute atomic E-state index is 14.7. The van der Waals surface area contributed by atoms with Crippen LogP contribution in [0.25, 0.3) is 22.2 Å². The summed E-state index contributed by atoms with van der Waals surface area (Å²) in [5.74, 6) is -0.730. The summed E-state index contributed by atoms with van der Waals surface area (Å²) in [6, 6.07) is 8.94. The first kappa shape index (κ1) is 22.0. The van der Waals surface area contributed by atoms with E-state index < -0.39 is 19.9 Å². The lowest BCUT2D eigenvalue weighted by Crippen LogP contribution is -2.22. The van der Waals surface area contributed by atoms with E-state index in [0.717, 1.165) is 6.04 Å². The number of hydrogen-bond acceptors (Lipinski definition) is 5. The highest BCUT2D eigenvalue weighted by atomic mass is 28.3. The van der Waals surface area contributed by atoms with Gasteiger partial charge in [-0.3, -0.25) is 0 Å². The molecule has 0 bridgehead atoms. The number of fused-ring (bicyclic) bond motifs is 1. The second-order valence-electron chi connectivity index (χ2n) is 8.26. The Balaban J connectivity index is 2.03. The fraction of sp³-hybridized carbons (Fsp3) is 0.364. The molecule has 3 aromatic rings. The van der Waals surface area contributed by atoms with Gasteiger partial charge < -0.3 is 18.8 Å². The summed E-state index contributed by atoms with van der Waals surface area (Å²) >= 11 is 0. The SMILES string of the molecule is COC(=O)c1cc2c(cc1-c1c(F)cccc1OC)ncn2COCC[Si](C)(C)C. The van der Waals surface area contributed by atoms with Crippen molar-refractivity contribution in [2.45, 2.75) is 32.4 Å². The molecule has 1 heterocycles. The van der Waals surface area contributed by atoms with Crippen molar-refractivity contribution in [3.05, 3.63) is 48.0 Å². The van der Waals surface area contributed by atoms with Gasteiger partial charge in [-0.1, -0.05) is 25.7 Å².